The van der Waals surface area contributed by atoms with Crippen molar-refractivity contribution >= 4 is 11.8 Å². The van der Waals surface area contributed by atoms with E-state index < -0.39 is 0 Å². The van der Waals surface area contributed by atoms with Crippen molar-refractivity contribution in [1.82, 2.24) is 10.2 Å². The van der Waals surface area contributed by atoms with Gasteiger partial charge in [-0.15, -0.1) is 0 Å². The molecule has 0 radical (unpaired) electrons. The fraction of sp³-hybridized carbons (Fsp3) is 0.417. The van der Waals surface area contributed by atoms with E-state index >= 15 is 0 Å². The zero-order valence-corrected chi connectivity index (χ0v) is 17.3. The van der Waals surface area contributed by atoms with Crippen LogP contribution in [-0.2, 0) is 11.3 Å². The molecule has 1 N–H and O–H groups in total. The van der Waals surface area contributed by atoms with Gasteiger partial charge in [-0.1, -0.05) is 43.7 Å². The van der Waals surface area contributed by atoms with E-state index in [1.807, 2.05) is 59.5 Å². The molecule has 0 aromatic heterocycles. The van der Waals surface area contributed by atoms with Gasteiger partial charge in [0, 0.05) is 31.6 Å². The van der Waals surface area contributed by atoms with E-state index in [1.165, 1.54) is 0 Å². The summed E-state index contributed by atoms with van der Waals surface area (Å²) in [6.07, 6.45) is 2.35. The van der Waals surface area contributed by atoms with E-state index in [2.05, 4.69) is 12.2 Å². The van der Waals surface area contributed by atoms with Crippen molar-refractivity contribution < 1.29 is 14.3 Å². The first-order chi connectivity index (χ1) is 14.1. The predicted molar refractivity (Wildman–Crippen MR) is 114 cm³/mol. The fourth-order valence-electron chi connectivity index (χ4n) is 4.01. The van der Waals surface area contributed by atoms with Gasteiger partial charge in [0.15, 0.2) is 0 Å². The molecule has 0 aliphatic carbocycles. The summed E-state index contributed by atoms with van der Waals surface area (Å²) in [5.41, 5.74) is 1.78. The van der Waals surface area contributed by atoms with Crippen molar-refractivity contribution in [2.45, 2.75) is 32.7 Å². The topological polar surface area (TPSA) is 58.6 Å². The number of amides is 2. The Bertz CT molecular complexity index is 805. The number of nitrogens with zero attached hydrogens (tertiary/aromatic N) is 1. The fourth-order valence-corrected chi connectivity index (χ4v) is 4.01. The number of ether oxygens (including phenoxy) is 1. The molecular weight excluding hydrogens is 364 g/mol. The molecule has 1 saturated heterocycles. The SMILES string of the molecule is CC[C@@H]1CN(C(=O)c2ccccc2)CC[C@H]1CC(=O)NCc1ccc(OC)cc1. The third kappa shape index (κ3) is 5.59. The number of methoxy groups -OCH3 is 1. The van der Waals surface area contributed by atoms with E-state index in [0.717, 1.165) is 36.3 Å². The summed E-state index contributed by atoms with van der Waals surface area (Å²) in [7, 11) is 1.64. The number of hydrogen-bond donors (Lipinski definition) is 1. The van der Waals surface area contributed by atoms with Crippen LogP contribution < -0.4 is 10.1 Å². The molecular formula is C24H30N2O3. The van der Waals surface area contributed by atoms with Gasteiger partial charge in [0.25, 0.3) is 5.91 Å². The van der Waals surface area contributed by atoms with Gasteiger partial charge in [0.2, 0.25) is 5.91 Å². The monoisotopic (exact) mass is 394 g/mol. The number of nitrogens with one attached hydrogen (secondary N) is 1. The molecule has 0 bridgehead atoms. The van der Waals surface area contributed by atoms with E-state index in [1.54, 1.807) is 7.11 Å². The molecule has 3 rings (SSSR count). The summed E-state index contributed by atoms with van der Waals surface area (Å²) >= 11 is 0. The van der Waals surface area contributed by atoms with Crippen LogP contribution in [0.4, 0.5) is 0 Å². The highest BCUT2D eigenvalue weighted by Crippen LogP contribution is 2.29. The Morgan fingerprint density at radius 1 is 1.07 bits per heavy atom. The van der Waals surface area contributed by atoms with Crippen LogP contribution in [0.2, 0.25) is 0 Å². The van der Waals surface area contributed by atoms with Crippen LogP contribution in [0, 0.1) is 11.8 Å². The predicted octanol–water partition coefficient (Wildman–Crippen LogP) is 3.89. The standard InChI is InChI=1S/C24H30N2O3/c1-3-19-17-26(24(28)20-7-5-4-6-8-20)14-13-21(19)15-23(27)25-16-18-9-11-22(29-2)12-10-18/h4-12,19,21H,3,13-17H2,1-2H3,(H,25,27)/t19-,21+/m1/s1. The average Bonchev–Trinajstić information content (AvgIpc) is 2.78. The summed E-state index contributed by atoms with van der Waals surface area (Å²) < 4.78 is 5.16. The van der Waals surface area contributed by atoms with E-state index in [4.69, 9.17) is 4.74 Å². The molecule has 5 nitrogen and oxygen atoms in total. The summed E-state index contributed by atoms with van der Waals surface area (Å²) in [6, 6.07) is 17.1. The number of likely N-dealkylation sites (tertiary alicyclic amines) is 1. The Morgan fingerprint density at radius 3 is 2.45 bits per heavy atom. The number of hydrogen-bond acceptors (Lipinski definition) is 3. The zero-order valence-electron chi connectivity index (χ0n) is 17.3. The summed E-state index contributed by atoms with van der Waals surface area (Å²) in [6.45, 7) is 4.09. The van der Waals surface area contributed by atoms with Crippen LogP contribution in [0.5, 0.6) is 5.75 Å². The third-order valence-electron chi connectivity index (χ3n) is 5.82. The molecule has 2 aromatic carbocycles. The highest BCUT2D eigenvalue weighted by Gasteiger charge is 2.31. The van der Waals surface area contributed by atoms with Crippen LogP contribution in [0.1, 0.15) is 42.1 Å². The largest absolute Gasteiger partial charge is 0.497 e. The molecule has 29 heavy (non-hydrogen) atoms. The number of piperidine rings is 1. The van der Waals surface area contributed by atoms with Crippen LogP contribution in [-0.4, -0.2) is 36.9 Å². The van der Waals surface area contributed by atoms with Crippen molar-refractivity contribution in [3.8, 4) is 5.75 Å². The highest BCUT2D eigenvalue weighted by atomic mass is 16.5. The lowest BCUT2D eigenvalue weighted by Crippen LogP contribution is -2.44. The molecule has 0 unspecified atom stereocenters. The Balaban J connectivity index is 1.50. The normalized spacial score (nSPS) is 18.9. The van der Waals surface area contributed by atoms with Crippen LogP contribution >= 0.6 is 0 Å². The Morgan fingerprint density at radius 2 is 1.79 bits per heavy atom. The zero-order chi connectivity index (χ0) is 20.6. The first kappa shape index (κ1) is 20.9. The summed E-state index contributed by atoms with van der Waals surface area (Å²) in [5.74, 6) is 1.64. The molecule has 2 atom stereocenters. The van der Waals surface area contributed by atoms with Crippen LogP contribution in [0.3, 0.4) is 0 Å². The van der Waals surface area contributed by atoms with Gasteiger partial charge >= 0.3 is 0 Å². The van der Waals surface area contributed by atoms with Gasteiger partial charge in [-0.25, -0.2) is 0 Å². The minimum Gasteiger partial charge on any atom is -0.497 e. The quantitative estimate of drug-likeness (QED) is 0.775. The van der Waals surface area contributed by atoms with Crippen molar-refractivity contribution in [2.24, 2.45) is 11.8 Å². The number of rotatable bonds is 7. The van der Waals surface area contributed by atoms with Crippen molar-refractivity contribution in [1.29, 1.82) is 0 Å². The number of benzene rings is 2. The van der Waals surface area contributed by atoms with E-state index in [0.29, 0.717) is 31.3 Å². The van der Waals surface area contributed by atoms with Gasteiger partial charge in [-0.2, -0.15) is 0 Å². The lowest BCUT2D eigenvalue weighted by molar-refractivity contribution is -0.123. The van der Waals surface area contributed by atoms with E-state index in [-0.39, 0.29) is 11.8 Å². The molecule has 154 valence electrons. The van der Waals surface area contributed by atoms with Gasteiger partial charge in [-0.3, -0.25) is 9.59 Å². The first-order valence-corrected chi connectivity index (χ1v) is 10.3. The summed E-state index contributed by atoms with van der Waals surface area (Å²) in [4.78, 5) is 27.2. The Kier molecular flexibility index (Phi) is 7.28. The molecule has 2 amide bonds. The molecule has 1 fully saturated rings. The molecule has 0 spiro atoms. The minimum atomic E-state index is 0.0760. The maximum absolute atomic E-state index is 12.7. The third-order valence-corrected chi connectivity index (χ3v) is 5.82. The molecule has 1 aliphatic rings. The Labute approximate surface area is 173 Å². The second-order valence-electron chi connectivity index (χ2n) is 7.66. The average molecular weight is 395 g/mol. The molecule has 1 aliphatic heterocycles. The molecule has 5 heteroatoms. The number of carbonyl (C=O) groups is 2. The lowest BCUT2D eigenvalue weighted by Gasteiger charge is -2.38. The van der Waals surface area contributed by atoms with E-state index in [9.17, 15) is 9.59 Å². The summed E-state index contributed by atoms with van der Waals surface area (Å²) in [5, 5.41) is 3.03. The van der Waals surface area contributed by atoms with Gasteiger partial charge < -0.3 is 15.0 Å². The lowest BCUT2D eigenvalue weighted by atomic mass is 9.81. The maximum atomic E-state index is 12.7. The Hall–Kier alpha value is -2.82. The van der Waals surface area contributed by atoms with Crippen molar-refractivity contribution in [3.05, 3.63) is 65.7 Å². The second kappa shape index (κ2) is 10.1. The minimum absolute atomic E-state index is 0.0760. The highest BCUT2D eigenvalue weighted by molar-refractivity contribution is 5.94. The van der Waals surface area contributed by atoms with Crippen LogP contribution in [0.25, 0.3) is 0 Å². The maximum Gasteiger partial charge on any atom is 0.253 e. The van der Waals surface area contributed by atoms with Crippen molar-refractivity contribution in [2.75, 3.05) is 20.2 Å². The van der Waals surface area contributed by atoms with Gasteiger partial charge in [-0.05, 0) is 48.1 Å². The molecule has 1 heterocycles. The smallest absolute Gasteiger partial charge is 0.253 e. The van der Waals surface area contributed by atoms with Gasteiger partial charge in [0.05, 0.1) is 7.11 Å². The first-order valence-electron chi connectivity index (χ1n) is 10.3. The van der Waals surface area contributed by atoms with Crippen molar-refractivity contribution in [3.63, 3.8) is 0 Å². The van der Waals surface area contributed by atoms with Gasteiger partial charge in [0.1, 0.15) is 5.75 Å². The molecule has 0 saturated carbocycles. The van der Waals surface area contributed by atoms with Crippen LogP contribution in [0.15, 0.2) is 54.6 Å². The second-order valence-corrected chi connectivity index (χ2v) is 7.66. The number of carbonyl (C=O) groups excluding carboxylic acids is 2. The molecule has 2 aromatic rings.